The normalized spacial score (nSPS) is 18.3. The molecule has 1 amide bonds. The molecule has 0 aromatic carbocycles. The van der Waals surface area contributed by atoms with Crippen molar-refractivity contribution in [3.05, 3.63) is 33.7 Å². The molecule has 0 radical (unpaired) electrons. The molecule has 1 fully saturated rings. The van der Waals surface area contributed by atoms with E-state index < -0.39 is 5.97 Å². The summed E-state index contributed by atoms with van der Waals surface area (Å²) in [6.45, 7) is 0.550. The third-order valence-corrected chi connectivity index (χ3v) is 4.92. The lowest BCUT2D eigenvalue weighted by Gasteiger charge is -2.35. The first kappa shape index (κ1) is 15.7. The predicted octanol–water partition coefficient (Wildman–Crippen LogP) is 1.62. The molecule has 1 unspecified atom stereocenters. The highest BCUT2D eigenvalue weighted by molar-refractivity contribution is 7.15. The van der Waals surface area contributed by atoms with Crippen LogP contribution in [0.25, 0.3) is 4.96 Å². The quantitative estimate of drug-likeness (QED) is 0.916. The maximum absolute atomic E-state index is 12.8. The number of piperidine rings is 1. The summed E-state index contributed by atoms with van der Waals surface area (Å²) in [5.74, 6) is -1.22. The number of carbonyl (C=O) groups is 2. The Morgan fingerprint density at radius 3 is 3.00 bits per heavy atom. The number of nitrogens with zero attached hydrogens (tertiary/aromatic N) is 3. The Hall–Kier alpha value is -2.22. The summed E-state index contributed by atoms with van der Waals surface area (Å²) < 4.78 is 1.37. The Bertz CT molecular complexity index is 797. The van der Waals surface area contributed by atoms with Gasteiger partial charge in [0.1, 0.15) is 5.56 Å². The van der Waals surface area contributed by atoms with Gasteiger partial charge in [-0.05, 0) is 25.7 Å². The van der Waals surface area contributed by atoms with Crippen molar-refractivity contribution in [3.63, 3.8) is 0 Å². The number of fused-ring (bicyclic) bond motifs is 1. The van der Waals surface area contributed by atoms with Crippen molar-refractivity contribution < 1.29 is 14.7 Å². The van der Waals surface area contributed by atoms with Crippen molar-refractivity contribution in [1.82, 2.24) is 14.3 Å². The van der Waals surface area contributed by atoms with Gasteiger partial charge >= 0.3 is 5.97 Å². The van der Waals surface area contributed by atoms with Crippen LogP contribution in [0.15, 0.2) is 22.6 Å². The van der Waals surface area contributed by atoms with Crippen LogP contribution >= 0.6 is 11.3 Å². The minimum absolute atomic E-state index is 0.0231. The first-order valence-corrected chi connectivity index (χ1v) is 8.43. The molecule has 23 heavy (non-hydrogen) atoms. The number of carboxylic acids is 1. The maximum Gasteiger partial charge on any atom is 0.303 e. The molecule has 7 nitrogen and oxygen atoms in total. The molecule has 122 valence electrons. The van der Waals surface area contributed by atoms with E-state index in [1.165, 1.54) is 21.9 Å². The van der Waals surface area contributed by atoms with E-state index >= 15 is 0 Å². The van der Waals surface area contributed by atoms with Gasteiger partial charge in [0, 0.05) is 36.8 Å². The van der Waals surface area contributed by atoms with E-state index in [0.717, 1.165) is 19.3 Å². The van der Waals surface area contributed by atoms with Gasteiger partial charge in [-0.15, -0.1) is 11.3 Å². The molecule has 1 atom stereocenters. The van der Waals surface area contributed by atoms with Crippen molar-refractivity contribution in [2.75, 3.05) is 6.54 Å². The second kappa shape index (κ2) is 6.49. The Kier molecular flexibility index (Phi) is 4.42. The molecule has 0 saturated carbocycles. The van der Waals surface area contributed by atoms with Gasteiger partial charge in [-0.1, -0.05) is 0 Å². The SMILES string of the molecule is O=C(O)CCC1CCCCN1C(=O)c1cnc2sccn2c1=O. The third kappa shape index (κ3) is 3.12. The number of thiazole rings is 1. The summed E-state index contributed by atoms with van der Waals surface area (Å²) in [5, 5.41) is 10.6. The molecule has 0 spiro atoms. The molecule has 1 aliphatic rings. The van der Waals surface area contributed by atoms with Crippen molar-refractivity contribution >= 4 is 28.2 Å². The van der Waals surface area contributed by atoms with Crippen molar-refractivity contribution in [1.29, 1.82) is 0 Å². The fourth-order valence-electron chi connectivity index (χ4n) is 2.98. The number of carbonyl (C=O) groups excluding carboxylic acids is 1. The molecule has 2 aromatic rings. The minimum Gasteiger partial charge on any atom is -0.481 e. The van der Waals surface area contributed by atoms with Crippen molar-refractivity contribution in [3.8, 4) is 0 Å². The van der Waals surface area contributed by atoms with E-state index in [1.807, 2.05) is 0 Å². The standard InChI is InChI=1S/C15H17N3O4S/c19-12(20)5-4-10-3-1-2-6-17(10)13(21)11-9-16-15-18(14(11)22)7-8-23-15/h7-10H,1-6H2,(H,19,20). The molecule has 2 aromatic heterocycles. The largest absolute Gasteiger partial charge is 0.481 e. The lowest BCUT2D eigenvalue weighted by atomic mass is 9.97. The zero-order valence-corrected chi connectivity index (χ0v) is 13.3. The van der Waals surface area contributed by atoms with E-state index in [2.05, 4.69) is 4.98 Å². The molecule has 1 aliphatic heterocycles. The zero-order valence-electron chi connectivity index (χ0n) is 12.5. The summed E-state index contributed by atoms with van der Waals surface area (Å²) in [6.07, 6.45) is 5.98. The molecule has 3 heterocycles. The average molecular weight is 335 g/mol. The predicted molar refractivity (Wildman–Crippen MR) is 84.9 cm³/mol. The molecule has 1 saturated heterocycles. The first-order chi connectivity index (χ1) is 11.1. The Balaban J connectivity index is 1.88. The Morgan fingerprint density at radius 1 is 1.39 bits per heavy atom. The monoisotopic (exact) mass is 335 g/mol. The number of aliphatic carboxylic acids is 1. The Labute approximate surface area is 136 Å². The van der Waals surface area contributed by atoms with Crippen LogP contribution in [0.5, 0.6) is 0 Å². The number of aromatic nitrogens is 2. The topological polar surface area (TPSA) is 92.0 Å². The second-order valence-corrected chi connectivity index (χ2v) is 6.49. The van der Waals surface area contributed by atoms with Crippen LogP contribution in [0.4, 0.5) is 0 Å². The van der Waals surface area contributed by atoms with Crippen molar-refractivity contribution in [2.24, 2.45) is 0 Å². The smallest absolute Gasteiger partial charge is 0.303 e. The maximum atomic E-state index is 12.8. The zero-order chi connectivity index (χ0) is 16.4. The lowest BCUT2D eigenvalue weighted by molar-refractivity contribution is -0.137. The van der Waals surface area contributed by atoms with Gasteiger partial charge in [0.25, 0.3) is 11.5 Å². The van der Waals surface area contributed by atoms with Gasteiger partial charge in [-0.25, -0.2) is 4.98 Å². The summed E-state index contributed by atoms with van der Waals surface area (Å²) in [7, 11) is 0. The summed E-state index contributed by atoms with van der Waals surface area (Å²) >= 11 is 1.33. The van der Waals surface area contributed by atoms with E-state index in [9.17, 15) is 14.4 Å². The van der Waals surface area contributed by atoms with Crippen LogP contribution in [0.3, 0.4) is 0 Å². The van der Waals surface area contributed by atoms with E-state index in [0.29, 0.717) is 17.9 Å². The summed E-state index contributed by atoms with van der Waals surface area (Å²) in [5.41, 5.74) is -0.327. The number of likely N-dealkylation sites (tertiary alicyclic amines) is 1. The van der Waals surface area contributed by atoms with Crippen LogP contribution in [0, 0.1) is 0 Å². The van der Waals surface area contributed by atoms with Crippen LogP contribution in [0.1, 0.15) is 42.5 Å². The second-order valence-electron chi connectivity index (χ2n) is 5.61. The van der Waals surface area contributed by atoms with Crippen LogP contribution in [-0.2, 0) is 4.79 Å². The van der Waals surface area contributed by atoms with Crippen LogP contribution in [0.2, 0.25) is 0 Å². The fraction of sp³-hybridized carbons (Fsp3) is 0.467. The molecule has 0 aliphatic carbocycles. The van der Waals surface area contributed by atoms with Gasteiger partial charge in [0.2, 0.25) is 0 Å². The summed E-state index contributed by atoms with van der Waals surface area (Å²) in [4.78, 5) is 42.3. The Morgan fingerprint density at radius 2 is 2.22 bits per heavy atom. The van der Waals surface area contributed by atoms with Crippen LogP contribution in [-0.4, -0.2) is 43.9 Å². The van der Waals surface area contributed by atoms with E-state index in [1.54, 1.807) is 16.5 Å². The fourth-order valence-corrected chi connectivity index (χ4v) is 3.66. The highest BCUT2D eigenvalue weighted by atomic mass is 32.1. The molecule has 3 rings (SSSR count). The highest BCUT2D eigenvalue weighted by Crippen LogP contribution is 2.22. The number of hydrogen-bond acceptors (Lipinski definition) is 5. The third-order valence-electron chi connectivity index (χ3n) is 4.15. The molecular weight excluding hydrogens is 318 g/mol. The van der Waals surface area contributed by atoms with Gasteiger partial charge in [-0.2, -0.15) is 0 Å². The number of hydrogen-bond donors (Lipinski definition) is 1. The lowest BCUT2D eigenvalue weighted by Crippen LogP contribution is -2.45. The van der Waals surface area contributed by atoms with Gasteiger partial charge in [0.15, 0.2) is 4.96 Å². The number of amides is 1. The van der Waals surface area contributed by atoms with Gasteiger partial charge in [0.05, 0.1) is 0 Å². The van der Waals surface area contributed by atoms with E-state index in [-0.39, 0.29) is 29.5 Å². The molecule has 8 heteroatoms. The number of rotatable bonds is 4. The highest BCUT2D eigenvalue weighted by Gasteiger charge is 2.29. The van der Waals surface area contributed by atoms with Crippen LogP contribution < -0.4 is 5.56 Å². The number of carboxylic acid groups (broad SMARTS) is 1. The first-order valence-electron chi connectivity index (χ1n) is 7.55. The van der Waals surface area contributed by atoms with Crippen molar-refractivity contribution in [2.45, 2.75) is 38.1 Å². The van der Waals surface area contributed by atoms with Gasteiger partial charge in [-0.3, -0.25) is 18.8 Å². The summed E-state index contributed by atoms with van der Waals surface area (Å²) in [6, 6.07) is -0.130. The average Bonchev–Trinajstić information content (AvgIpc) is 3.02. The van der Waals surface area contributed by atoms with Gasteiger partial charge < -0.3 is 10.0 Å². The molecule has 1 N–H and O–H groups in total. The minimum atomic E-state index is -0.871. The molecule has 0 bridgehead atoms. The molecular formula is C15H17N3O4S. The van der Waals surface area contributed by atoms with E-state index in [4.69, 9.17) is 5.11 Å².